The van der Waals surface area contributed by atoms with Crippen molar-refractivity contribution < 1.29 is 19.1 Å². The van der Waals surface area contributed by atoms with Gasteiger partial charge in [0.2, 0.25) is 5.91 Å². The van der Waals surface area contributed by atoms with Gasteiger partial charge >= 0.3 is 0 Å². The van der Waals surface area contributed by atoms with Crippen molar-refractivity contribution in [3.05, 3.63) is 65.7 Å². The van der Waals surface area contributed by atoms with Gasteiger partial charge in [0.05, 0.1) is 13.0 Å². The van der Waals surface area contributed by atoms with Gasteiger partial charge in [-0.2, -0.15) is 0 Å². The number of piperidine rings is 1. The van der Waals surface area contributed by atoms with Gasteiger partial charge in [0.25, 0.3) is 5.91 Å². The van der Waals surface area contributed by atoms with Gasteiger partial charge in [-0.1, -0.05) is 30.3 Å². The molecule has 0 aliphatic carbocycles. The first-order chi connectivity index (χ1) is 15.2. The van der Waals surface area contributed by atoms with Crippen LogP contribution < -0.4 is 10.1 Å². The number of aryl methyl sites for hydroxylation is 1. The van der Waals surface area contributed by atoms with Crippen LogP contribution >= 0.6 is 0 Å². The molecule has 31 heavy (non-hydrogen) atoms. The molecule has 1 aliphatic rings. The molecule has 166 valence electrons. The van der Waals surface area contributed by atoms with Crippen LogP contribution in [-0.4, -0.2) is 56.2 Å². The molecule has 2 amide bonds. The lowest BCUT2D eigenvalue weighted by atomic mass is 10.1. The maximum atomic E-state index is 12.3. The third kappa shape index (κ3) is 7.40. The fourth-order valence-electron chi connectivity index (χ4n) is 3.69. The van der Waals surface area contributed by atoms with E-state index in [9.17, 15) is 9.59 Å². The smallest absolute Gasteiger partial charge is 0.251 e. The lowest BCUT2D eigenvalue weighted by Gasteiger charge is -2.32. The Morgan fingerprint density at radius 1 is 1.03 bits per heavy atom. The van der Waals surface area contributed by atoms with Crippen molar-refractivity contribution in [3.63, 3.8) is 0 Å². The maximum Gasteiger partial charge on any atom is 0.251 e. The third-order valence-corrected chi connectivity index (χ3v) is 5.50. The summed E-state index contributed by atoms with van der Waals surface area (Å²) in [6.45, 7) is 2.52. The zero-order valence-electron chi connectivity index (χ0n) is 18.2. The Labute approximate surface area is 184 Å². The van der Waals surface area contributed by atoms with Crippen molar-refractivity contribution in [2.45, 2.75) is 38.2 Å². The summed E-state index contributed by atoms with van der Waals surface area (Å²) in [4.78, 5) is 26.3. The van der Waals surface area contributed by atoms with E-state index in [1.54, 1.807) is 19.2 Å². The second kappa shape index (κ2) is 12.1. The van der Waals surface area contributed by atoms with Crippen LogP contribution in [0.25, 0.3) is 0 Å². The number of likely N-dealkylation sites (tertiary alicyclic amines) is 1. The number of hydrogen-bond acceptors (Lipinski definition) is 4. The fourth-order valence-corrected chi connectivity index (χ4v) is 3.69. The summed E-state index contributed by atoms with van der Waals surface area (Å²) in [5.74, 6) is 0.826. The Morgan fingerprint density at radius 3 is 2.42 bits per heavy atom. The van der Waals surface area contributed by atoms with Gasteiger partial charge < -0.3 is 19.7 Å². The van der Waals surface area contributed by atoms with E-state index in [1.807, 2.05) is 35.2 Å². The molecule has 2 aromatic carbocycles. The van der Waals surface area contributed by atoms with Crippen molar-refractivity contribution in [1.29, 1.82) is 0 Å². The molecule has 1 N–H and O–H groups in total. The van der Waals surface area contributed by atoms with E-state index in [1.165, 1.54) is 5.56 Å². The molecule has 1 heterocycles. The minimum atomic E-state index is -0.0671. The number of nitrogens with one attached hydrogen (secondary N) is 1. The summed E-state index contributed by atoms with van der Waals surface area (Å²) < 4.78 is 11.0. The van der Waals surface area contributed by atoms with Gasteiger partial charge in [-0.05, 0) is 42.7 Å². The van der Waals surface area contributed by atoms with Crippen LogP contribution in [0.4, 0.5) is 0 Å². The number of hydrogen-bond donors (Lipinski definition) is 1. The third-order valence-electron chi connectivity index (χ3n) is 5.50. The maximum absolute atomic E-state index is 12.3. The number of nitrogens with zero attached hydrogens (tertiary/aromatic N) is 1. The normalized spacial score (nSPS) is 14.3. The van der Waals surface area contributed by atoms with Crippen molar-refractivity contribution in [2.75, 3.05) is 33.4 Å². The Hall–Kier alpha value is -2.86. The first-order valence-corrected chi connectivity index (χ1v) is 11.0. The highest BCUT2D eigenvalue weighted by Crippen LogP contribution is 2.20. The van der Waals surface area contributed by atoms with Crippen LogP contribution in [0.1, 0.15) is 41.6 Å². The van der Waals surface area contributed by atoms with E-state index in [2.05, 4.69) is 17.4 Å². The molecule has 0 radical (unpaired) electrons. The van der Waals surface area contributed by atoms with E-state index in [0.29, 0.717) is 38.2 Å². The Balaban J connectivity index is 1.37. The van der Waals surface area contributed by atoms with Crippen LogP contribution in [0, 0.1) is 0 Å². The molecule has 1 aliphatic heterocycles. The first-order valence-electron chi connectivity index (χ1n) is 11.0. The van der Waals surface area contributed by atoms with E-state index in [4.69, 9.17) is 9.47 Å². The monoisotopic (exact) mass is 424 g/mol. The second-order valence-electron chi connectivity index (χ2n) is 7.81. The topological polar surface area (TPSA) is 67.9 Å². The number of ether oxygens (including phenoxy) is 2. The zero-order valence-corrected chi connectivity index (χ0v) is 18.2. The van der Waals surface area contributed by atoms with Gasteiger partial charge in [-0.25, -0.2) is 0 Å². The average Bonchev–Trinajstić information content (AvgIpc) is 2.82. The molecular weight excluding hydrogens is 392 g/mol. The summed E-state index contributed by atoms with van der Waals surface area (Å²) in [5.41, 5.74) is 1.91. The number of carbonyl (C=O) groups excluding carboxylic acids is 2. The van der Waals surface area contributed by atoms with Crippen molar-refractivity contribution >= 4 is 11.8 Å². The van der Waals surface area contributed by atoms with Gasteiger partial charge in [0, 0.05) is 45.1 Å². The van der Waals surface area contributed by atoms with Crippen LogP contribution in [0.15, 0.2) is 54.6 Å². The molecule has 0 spiro atoms. The highest BCUT2D eigenvalue weighted by atomic mass is 16.5. The van der Waals surface area contributed by atoms with Crippen LogP contribution in [0.2, 0.25) is 0 Å². The SMILES string of the molecule is COCCC(=O)N1CCC(Oc2ccc(C(=O)NCCCc3ccccc3)cc2)CC1. The number of methoxy groups -OCH3 is 1. The van der Waals surface area contributed by atoms with Crippen LogP contribution in [0.3, 0.4) is 0 Å². The molecule has 0 atom stereocenters. The van der Waals surface area contributed by atoms with Gasteiger partial charge in [-0.3, -0.25) is 9.59 Å². The Morgan fingerprint density at radius 2 is 1.74 bits per heavy atom. The molecular formula is C25H32N2O4. The van der Waals surface area contributed by atoms with E-state index < -0.39 is 0 Å². The molecule has 2 aromatic rings. The van der Waals surface area contributed by atoms with Crippen LogP contribution in [0.5, 0.6) is 5.75 Å². The molecule has 1 fully saturated rings. The second-order valence-corrected chi connectivity index (χ2v) is 7.81. The Kier molecular flexibility index (Phi) is 8.91. The van der Waals surface area contributed by atoms with Gasteiger partial charge in [0.1, 0.15) is 11.9 Å². The summed E-state index contributed by atoms with van der Waals surface area (Å²) in [6.07, 6.45) is 3.99. The van der Waals surface area contributed by atoms with E-state index >= 15 is 0 Å². The molecule has 0 bridgehead atoms. The van der Waals surface area contributed by atoms with Gasteiger partial charge in [0.15, 0.2) is 0 Å². The average molecular weight is 425 g/mol. The minimum Gasteiger partial charge on any atom is -0.490 e. The van der Waals surface area contributed by atoms with E-state index in [-0.39, 0.29) is 17.9 Å². The number of carbonyl (C=O) groups is 2. The largest absolute Gasteiger partial charge is 0.490 e. The summed E-state index contributed by atoms with van der Waals surface area (Å²) in [5, 5.41) is 2.97. The first kappa shape index (κ1) is 22.8. The minimum absolute atomic E-state index is 0.0671. The fraction of sp³-hybridized carbons (Fsp3) is 0.440. The number of amides is 2. The predicted molar refractivity (Wildman–Crippen MR) is 120 cm³/mol. The molecule has 0 unspecified atom stereocenters. The predicted octanol–water partition coefficient (Wildman–Crippen LogP) is 3.46. The highest BCUT2D eigenvalue weighted by molar-refractivity contribution is 5.94. The molecule has 6 nitrogen and oxygen atoms in total. The Bertz CT molecular complexity index is 815. The molecule has 1 saturated heterocycles. The van der Waals surface area contributed by atoms with E-state index in [0.717, 1.165) is 31.4 Å². The molecule has 0 saturated carbocycles. The zero-order chi connectivity index (χ0) is 21.9. The lowest BCUT2D eigenvalue weighted by Crippen LogP contribution is -2.42. The number of benzene rings is 2. The summed E-state index contributed by atoms with van der Waals surface area (Å²) in [6, 6.07) is 17.5. The summed E-state index contributed by atoms with van der Waals surface area (Å²) in [7, 11) is 1.61. The molecule has 0 aromatic heterocycles. The van der Waals surface area contributed by atoms with Gasteiger partial charge in [-0.15, -0.1) is 0 Å². The van der Waals surface area contributed by atoms with Crippen molar-refractivity contribution in [1.82, 2.24) is 10.2 Å². The summed E-state index contributed by atoms with van der Waals surface area (Å²) >= 11 is 0. The molecule has 3 rings (SSSR count). The van der Waals surface area contributed by atoms with Crippen molar-refractivity contribution in [3.8, 4) is 5.75 Å². The quantitative estimate of drug-likeness (QED) is 0.593. The van der Waals surface area contributed by atoms with Crippen LogP contribution in [-0.2, 0) is 16.0 Å². The highest BCUT2D eigenvalue weighted by Gasteiger charge is 2.23. The van der Waals surface area contributed by atoms with Crippen molar-refractivity contribution in [2.24, 2.45) is 0 Å². The lowest BCUT2D eigenvalue weighted by molar-refractivity contribution is -0.133. The standard InChI is InChI=1S/C25H32N2O4/c1-30-19-15-24(28)27-17-13-23(14-18-27)31-22-11-9-21(10-12-22)25(29)26-16-5-8-20-6-3-2-4-7-20/h2-4,6-7,9-12,23H,5,8,13-19H2,1H3,(H,26,29). The molecule has 6 heteroatoms. The number of rotatable bonds is 10.